The van der Waals surface area contributed by atoms with E-state index in [1.54, 1.807) is 6.26 Å². The van der Waals surface area contributed by atoms with Crippen LogP contribution >= 0.6 is 0 Å². The van der Waals surface area contributed by atoms with Gasteiger partial charge in [-0.05, 0) is 39.1 Å². The molecule has 1 amide bonds. The van der Waals surface area contributed by atoms with E-state index in [9.17, 15) is 13.2 Å². The Balaban J connectivity index is 1.80. The fourth-order valence-electron chi connectivity index (χ4n) is 2.97. The topological polar surface area (TPSA) is 79.6 Å². The number of nitrogens with zero attached hydrogens (tertiary/aromatic N) is 1. The first kappa shape index (κ1) is 18.0. The smallest absolute Gasteiger partial charge is 0.221 e. The molecular formula is C16H26N2O4S. The standard InChI is InChI=1S/C16H26N2O4S/c1-18(2)14(15-8-5-10-22-15)12-17-16(19)9-11-23(20,21)13-6-3-4-7-13/h5,8,10,13-14H,3-4,6-7,9,11-12H2,1-2H3,(H,17,19)/t14-/m0/s1. The van der Waals surface area contributed by atoms with Crippen LogP contribution in [-0.4, -0.2) is 50.9 Å². The molecule has 6 nitrogen and oxygen atoms in total. The fourth-order valence-corrected chi connectivity index (χ4v) is 4.82. The van der Waals surface area contributed by atoms with Gasteiger partial charge in [0.25, 0.3) is 0 Å². The van der Waals surface area contributed by atoms with Crippen molar-refractivity contribution in [1.29, 1.82) is 0 Å². The van der Waals surface area contributed by atoms with Gasteiger partial charge in [-0.2, -0.15) is 0 Å². The molecule has 1 fully saturated rings. The highest BCUT2D eigenvalue weighted by Gasteiger charge is 2.29. The lowest BCUT2D eigenvalue weighted by molar-refractivity contribution is -0.120. The van der Waals surface area contributed by atoms with Crippen LogP contribution in [0.15, 0.2) is 22.8 Å². The molecule has 2 rings (SSSR count). The van der Waals surface area contributed by atoms with E-state index in [1.807, 2.05) is 31.1 Å². The third-order valence-electron chi connectivity index (χ3n) is 4.41. The number of hydrogen-bond acceptors (Lipinski definition) is 5. The monoisotopic (exact) mass is 342 g/mol. The molecule has 1 aliphatic rings. The Morgan fingerprint density at radius 3 is 2.65 bits per heavy atom. The highest BCUT2D eigenvalue weighted by molar-refractivity contribution is 7.92. The predicted octanol–water partition coefficient (Wildman–Crippen LogP) is 1.75. The molecule has 0 spiro atoms. The van der Waals surface area contributed by atoms with Crippen molar-refractivity contribution in [2.75, 3.05) is 26.4 Å². The zero-order chi connectivity index (χ0) is 16.9. The van der Waals surface area contributed by atoms with Gasteiger partial charge in [0.2, 0.25) is 5.91 Å². The van der Waals surface area contributed by atoms with Crippen LogP contribution in [-0.2, 0) is 14.6 Å². The number of carbonyl (C=O) groups excluding carboxylic acids is 1. The van der Waals surface area contributed by atoms with Crippen molar-refractivity contribution in [3.8, 4) is 0 Å². The van der Waals surface area contributed by atoms with Gasteiger partial charge in [0.1, 0.15) is 5.76 Å². The summed E-state index contributed by atoms with van der Waals surface area (Å²) in [5.41, 5.74) is 0. The number of likely N-dealkylation sites (N-methyl/N-ethyl adjacent to an activating group) is 1. The minimum Gasteiger partial charge on any atom is -0.468 e. The Kier molecular flexibility index (Phi) is 6.24. The van der Waals surface area contributed by atoms with Crippen LogP contribution in [0, 0.1) is 0 Å². The Labute approximate surface area is 138 Å². The third-order valence-corrected chi connectivity index (χ3v) is 6.67. The molecule has 0 aliphatic heterocycles. The van der Waals surface area contributed by atoms with Crippen molar-refractivity contribution < 1.29 is 17.6 Å². The van der Waals surface area contributed by atoms with E-state index in [2.05, 4.69) is 5.32 Å². The molecule has 0 bridgehead atoms. The van der Waals surface area contributed by atoms with Crippen LogP contribution in [0.3, 0.4) is 0 Å². The average Bonchev–Trinajstić information content (AvgIpc) is 3.18. The van der Waals surface area contributed by atoms with Crippen molar-refractivity contribution in [3.63, 3.8) is 0 Å². The lowest BCUT2D eigenvalue weighted by Crippen LogP contribution is -2.35. The number of furan rings is 1. The van der Waals surface area contributed by atoms with Gasteiger partial charge < -0.3 is 9.73 Å². The maximum Gasteiger partial charge on any atom is 0.221 e. The summed E-state index contributed by atoms with van der Waals surface area (Å²) in [6.45, 7) is 0.392. The first-order valence-corrected chi connectivity index (χ1v) is 9.80. The van der Waals surface area contributed by atoms with Gasteiger partial charge in [-0.1, -0.05) is 12.8 Å². The average molecular weight is 342 g/mol. The summed E-state index contributed by atoms with van der Waals surface area (Å²) < 4.78 is 29.7. The second kappa shape index (κ2) is 7.97. The van der Waals surface area contributed by atoms with Crippen molar-refractivity contribution in [1.82, 2.24) is 10.2 Å². The summed E-state index contributed by atoms with van der Waals surface area (Å²) in [6, 6.07) is 3.60. The maximum atomic E-state index is 12.2. The van der Waals surface area contributed by atoms with Crippen LogP contribution in [0.1, 0.15) is 43.9 Å². The van der Waals surface area contributed by atoms with E-state index in [-0.39, 0.29) is 29.4 Å². The van der Waals surface area contributed by atoms with E-state index in [0.717, 1.165) is 31.4 Å². The Morgan fingerprint density at radius 1 is 1.39 bits per heavy atom. The number of amides is 1. The van der Waals surface area contributed by atoms with Crippen molar-refractivity contribution >= 4 is 15.7 Å². The lowest BCUT2D eigenvalue weighted by atomic mass is 10.2. The second-order valence-corrected chi connectivity index (χ2v) is 8.72. The molecule has 1 aliphatic carbocycles. The molecule has 1 saturated carbocycles. The number of rotatable bonds is 8. The third kappa shape index (κ3) is 5.07. The zero-order valence-electron chi connectivity index (χ0n) is 13.8. The number of sulfone groups is 1. The van der Waals surface area contributed by atoms with Gasteiger partial charge in [-0.3, -0.25) is 9.69 Å². The number of carbonyl (C=O) groups is 1. The molecule has 7 heteroatoms. The molecule has 1 aromatic heterocycles. The normalized spacial score (nSPS) is 17.5. The SMILES string of the molecule is CN(C)[C@@H](CNC(=O)CCS(=O)(=O)C1CCCC1)c1ccco1. The summed E-state index contributed by atoms with van der Waals surface area (Å²) in [7, 11) is 0.670. The largest absolute Gasteiger partial charge is 0.468 e. The summed E-state index contributed by atoms with van der Waals surface area (Å²) in [4.78, 5) is 13.9. The molecule has 1 atom stereocenters. The summed E-state index contributed by atoms with van der Waals surface area (Å²) in [6.07, 6.45) is 5.06. The van der Waals surface area contributed by atoms with Crippen LogP contribution in [0.5, 0.6) is 0 Å². The Bertz CT molecular complexity index is 590. The van der Waals surface area contributed by atoms with Gasteiger partial charge >= 0.3 is 0 Å². The van der Waals surface area contributed by atoms with Crippen LogP contribution in [0.25, 0.3) is 0 Å². The first-order valence-electron chi connectivity index (χ1n) is 8.08. The van der Waals surface area contributed by atoms with Gasteiger partial charge in [0.05, 0.1) is 23.3 Å². The van der Waals surface area contributed by atoms with Gasteiger partial charge in [-0.15, -0.1) is 0 Å². The van der Waals surface area contributed by atoms with Crippen LogP contribution < -0.4 is 5.32 Å². The molecule has 0 unspecified atom stereocenters. The maximum absolute atomic E-state index is 12.2. The Morgan fingerprint density at radius 2 is 2.09 bits per heavy atom. The molecule has 1 aromatic rings. The highest BCUT2D eigenvalue weighted by Crippen LogP contribution is 2.25. The molecule has 23 heavy (non-hydrogen) atoms. The highest BCUT2D eigenvalue weighted by atomic mass is 32.2. The molecule has 0 saturated heterocycles. The van der Waals surface area contributed by atoms with Gasteiger partial charge in [0, 0.05) is 13.0 Å². The molecule has 130 valence electrons. The van der Waals surface area contributed by atoms with E-state index in [4.69, 9.17) is 4.42 Å². The molecule has 0 aromatic carbocycles. The van der Waals surface area contributed by atoms with Gasteiger partial charge in [-0.25, -0.2) is 8.42 Å². The van der Waals surface area contributed by atoms with Gasteiger partial charge in [0.15, 0.2) is 9.84 Å². The van der Waals surface area contributed by atoms with Crippen LogP contribution in [0.2, 0.25) is 0 Å². The number of hydrogen-bond donors (Lipinski definition) is 1. The first-order chi connectivity index (χ1) is 10.9. The zero-order valence-corrected chi connectivity index (χ0v) is 14.6. The number of nitrogens with one attached hydrogen (secondary N) is 1. The van der Waals surface area contributed by atoms with Crippen molar-refractivity contribution in [3.05, 3.63) is 24.2 Å². The van der Waals surface area contributed by atoms with Crippen molar-refractivity contribution in [2.45, 2.75) is 43.4 Å². The summed E-state index contributed by atoms with van der Waals surface area (Å²) in [5, 5.41) is 2.57. The van der Waals surface area contributed by atoms with Crippen molar-refractivity contribution in [2.24, 2.45) is 0 Å². The molecular weight excluding hydrogens is 316 g/mol. The van der Waals surface area contributed by atoms with Crippen LogP contribution in [0.4, 0.5) is 0 Å². The predicted molar refractivity (Wildman–Crippen MR) is 88.8 cm³/mol. The van der Waals surface area contributed by atoms with E-state index in [0.29, 0.717) is 6.54 Å². The van der Waals surface area contributed by atoms with E-state index in [1.165, 1.54) is 0 Å². The minimum atomic E-state index is -3.14. The summed E-state index contributed by atoms with van der Waals surface area (Å²) in [5.74, 6) is 0.482. The fraction of sp³-hybridized carbons (Fsp3) is 0.688. The summed E-state index contributed by atoms with van der Waals surface area (Å²) >= 11 is 0. The minimum absolute atomic E-state index is 0.0249. The molecule has 1 heterocycles. The molecule has 0 radical (unpaired) electrons. The van der Waals surface area contributed by atoms with E-state index >= 15 is 0 Å². The Hall–Kier alpha value is -1.34. The lowest BCUT2D eigenvalue weighted by Gasteiger charge is -2.22. The second-order valence-electron chi connectivity index (χ2n) is 6.32. The quantitative estimate of drug-likeness (QED) is 0.778. The van der Waals surface area contributed by atoms with E-state index < -0.39 is 9.84 Å². The molecule has 1 N–H and O–H groups in total.